The maximum Gasteiger partial charge on any atom is 0.231 e. The molecular formula is C15H14BrNO3. The molecule has 0 fully saturated rings. The zero-order valence-corrected chi connectivity index (χ0v) is 12.6. The molecule has 0 saturated carbocycles. The van der Waals surface area contributed by atoms with Gasteiger partial charge in [-0.25, -0.2) is 0 Å². The summed E-state index contributed by atoms with van der Waals surface area (Å²) in [7, 11) is 1.63. The second-order valence-corrected chi connectivity index (χ2v) is 5.31. The Morgan fingerprint density at radius 3 is 2.75 bits per heavy atom. The van der Waals surface area contributed by atoms with Crippen LogP contribution in [0.5, 0.6) is 17.2 Å². The van der Waals surface area contributed by atoms with Gasteiger partial charge in [-0.2, -0.15) is 0 Å². The molecule has 1 aliphatic heterocycles. The number of benzene rings is 2. The van der Waals surface area contributed by atoms with E-state index in [0.717, 1.165) is 21.5 Å². The Hall–Kier alpha value is -1.88. The predicted molar refractivity (Wildman–Crippen MR) is 80.6 cm³/mol. The molecule has 0 aliphatic carbocycles. The molecule has 3 rings (SSSR count). The monoisotopic (exact) mass is 335 g/mol. The molecule has 0 amide bonds. The average Bonchev–Trinajstić information content (AvgIpc) is 2.94. The molecule has 104 valence electrons. The fraction of sp³-hybridized carbons (Fsp3) is 0.200. The minimum absolute atomic E-state index is 0.245. The zero-order valence-electron chi connectivity index (χ0n) is 11.0. The third-order valence-corrected chi connectivity index (χ3v) is 3.59. The van der Waals surface area contributed by atoms with Gasteiger partial charge in [0.25, 0.3) is 0 Å². The summed E-state index contributed by atoms with van der Waals surface area (Å²) in [5, 5.41) is 3.36. The fourth-order valence-corrected chi connectivity index (χ4v) is 2.32. The summed E-state index contributed by atoms with van der Waals surface area (Å²) in [5.74, 6) is 2.12. The van der Waals surface area contributed by atoms with Crippen molar-refractivity contribution in [1.82, 2.24) is 0 Å². The largest absolute Gasteiger partial charge is 0.493 e. The Morgan fingerprint density at radius 2 is 2.00 bits per heavy atom. The highest BCUT2D eigenvalue weighted by molar-refractivity contribution is 9.10. The molecule has 20 heavy (non-hydrogen) atoms. The second-order valence-electron chi connectivity index (χ2n) is 4.39. The van der Waals surface area contributed by atoms with E-state index >= 15 is 0 Å². The van der Waals surface area contributed by atoms with Crippen molar-refractivity contribution < 1.29 is 14.2 Å². The number of rotatable bonds is 4. The first kappa shape index (κ1) is 13.1. The van der Waals surface area contributed by atoms with Crippen LogP contribution in [0.15, 0.2) is 40.9 Å². The minimum Gasteiger partial charge on any atom is -0.493 e. The molecule has 2 aromatic carbocycles. The average molecular weight is 336 g/mol. The van der Waals surface area contributed by atoms with Gasteiger partial charge in [0, 0.05) is 16.7 Å². The number of hydrogen-bond donors (Lipinski definition) is 1. The molecule has 0 aromatic heterocycles. The number of halogens is 1. The molecule has 0 atom stereocenters. The molecule has 0 radical (unpaired) electrons. The van der Waals surface area contributed by atoms with Gasteiger partial charge in [0.15, 0.2) is 11.5 Å². The lowest BCUT2D eigenvalue weighted by molar-refractivity contribution is 0.171. The van der Waals surface area contributed by atoms with Gasteiger partial charge in [-0.3, -0.25) is 0 Å². The molecular weight excluding hydrogens is 322 g/mol. The molecule has 1 N–H and O–H groups in total. The maximum absolute atomic E-state index is 5.41. The van der Waals surface area contributed by atoms with Gasteiger partial charge in [-0.15, -0.1) is 0 Å². The van der Waals surface area contributed by atoms with Crippen molar-refractivity contribution in [2.75, 3.05) is 19.2 Å². The Kier molecular flexibility index (Phi) is 3.69. The first-order chi connectivity index (χ1) is 9.76. The first-order valence-corrected chi connectivity index (χ1v) is 7.01. The van der Waals surface area contributed by atoms with E-state index in [0.29, 0.717) is 18.0 Å². The van der Waals surface area contributed by atoms with Crippen LogP contribution in [0.1, 0.15) is 5.56 Å². The summed E-state index contributed by atoms with van der Waals surface area (Å²) in [5.41, 5.74) is 2.14. The van der Waals surface area contributed by atoms with Gasteiger partial charge in [0.1, 0.15) is 0 Å². The lowest BCUT2D eigenvalue weighted by atomic mass is 10.1. The van der Waals surface area contributed by atoms with Crippen molar-refractivity contribution >= 4 is 21.6 Å². The number of ether oxygens (including phenoxy) is 3. The van der Waals surface area contributed by atoms with E-state index in [9.17, 15) is 0 Å². The van der Waals surface area contributed by atoms with Gasteiger partial charge in [0.05, 0.1) is 7.11 Å². The Morgan fingerprint density at radius 1 is 1.20 bits per heavy atom. The van der Waals surface area contributed by atoms with Gasteiger partial charge in [-0.05, 0) is 42.0 Å². The summed E-state index contributed by atoms with van der Waals surface area (Å²) in [6.45, 7) is 0.934. The number of nitrogens with one attached hydrogen (secondary N) is 1. The van der Waals surface area contributed by atoms with Crippen LogP contribution in [0.2, 0.25) is 0 Å². The van der Waals surface area contributed by atoms with Gasteiger partial charge >= 0.3 is 0 Å². The van der Waals surface area contributed by atoms with Gasteiger partial charge in [-0.1, -0.05) is 15.9 Å². The van der Waals surface area contributed by atoms with E-state index in [1.165, 1.54) is 0 Å². The van der Waals surface area contributed by atoms with E-state index in [2.05, 4.69) is 21.2 Å². The highest BCUT2D eigenvalue weighted by Crippen LogP contribution is 2.41. The highest BCUT2D eigenvalue weighted by Gasteiger charge is 2.19. The third kappa shape index (κ3) is 2.67. The Labute approximate surface area is 125 Å². The maximum atomic E-state index is 5.41. The summed E-state index contributed by atoms with van der Waals surface area (Å²) in [6.07, 6.45) is 0. The number of anilines is 1. The van der Waals surface area contributed by atoms with Gasteiger partial charge < -0.3 is 19.5 Å². The summed E-state index contributed by atoms with van der Waals surface area (Å²) in [4.78, 5) is 0. The molecule has 1 aliphatic rings. The third-order valence-electron chi connectivity index (χ3n) is 3.06. The van der Waals surface area contributed by atoms with E-state index in [-0.39, 0.29) is 6.79 Å². The second kappa shape index (κ2) is 5.63. The van der Waals surface area contributed by atoms with Crippen LogP contribution in [0.25, 0.3) is 0 Å². The van der Waals surface area contributed by atoms with Crippen LogP contribution in [0.3, 0.4) is 0 Å². The van der Waals surface area contributed by atoms with Crippen LogP contribution < -0.4 is 19.5 Å². The number of hydrogen-bond acceptors (Lipinski definition) is 4. The highest BCUT2D eigenvalue weighted by atomic mass is 79.9. The zero-order chi connectivity index (χ0) is 13.9. The topological polar surface area (TPSA) is 39.7 Å². The van der Waals surface area contributed by atoms with E-state index in [4.69, 9.17) is 14.2 Å². The van der Waals surface area contributed by atoms with Crippen molar-refractivity contribution in [3.8, 4) is 17.2 Å². The molecule has 0 spiro atoms. The van der Waals surface area contributed by atoms with Crippen LogP contribution in [-0.4, -0.2) is 13.9 Å². The Bertz CT molecular complexity index is 613. The summed E-state index contributed by atoms with van der Waals surface area (Å²) < 4.78 is 17.2. The minimum atomic E-state index is 0.245. The van der Waals surface area contributed by atoms with Crippen molar-refractivity contribution in [3.63, 3.8) is 0 Å². The van der Waals surface area contributed by atoms with Crippen molar-refractivity contribution in [3.05, 3.63) is 46.4 Å². The van der Waals surface area contributed by atoms with E-state index < -0.39 is 0 Å². The van der Waals surface area contributed by atoms with Crippen molar-refractivity contribution in [2.24, 2.45) is 0 Å². The molecule has 0 bridgehead atoms. The molecule has 4 nitrogen and oxygen atoms in total. The lowest BCUT2D eigenvalue weighted by Gasteiger charge is -2.10. The van der Waals surface area contributed by atoms with Crippen LogP contribution in [0, 0.1) is 0 Å². The molecule has 5 heteroatoms. The molecule has 0 saturated heterocycles. The van der Waals surface area contributed by atoms with E-state index in [1.54, 1.807) is 7.11 Å². The van der Waals surface area contributed by atoms with Crippen LogP contribution >= 0.6 is 15.9 Å². The molecule has 1 heterocycles. The quantitative estimate of drug-likeness (QED) is 0.922. The van der Waals surface area contributed by atoms with Crippen LogP contribution in [0.4, 0.5) is 5.69 Å². The fourth-order valence-electron chi connectivity index (χ4n) is 2.06. The summed E-state index contributed by atoms with van der Waals surface area (Å²) in [6, 6.07) is 12.0. The van der Waals surface area contributed by atoms with Crippen molar-refractivity contribution in [1.29, 1.82) is 0 Å². The van der Waals surface area contributed by atoms with Gasteiger partial charge in [0.2, 0.25) is 12.5 Å². The predicted octanol–water partition coefficient (Wildman–Crippen LogP) is 3.80. The molecule has 2 aromatic rings. The Balaban J connectivity index is 1.76. The SMILES string of the molecule is COc1cc(CNc2ccc(Br)cc2)cc2c1OCO2. The number of fused-ring (bicyclic) bond motifs is 1. The smallest absolute Gasteiger partial charge is 0.231 e. The van der Waals surface area contributed by atoms with Crippen molar-refractivity contribution in [2.45, 2.75) is 6.54 Å². The van der Waals surface area contributed by atoms with E-state index in [1.807, 2.05) is 36.4 Å². The standard InChI is InChI=1S/C15H14BrNO3/c1-18-13-6-10(7-14-15(13)20-9-19-14)8-17-12-4-2-11(16)3-5-12/h2-7,17H,8-9H2,1H3. The summed E-state index contributed by atoms with van der Waals surface area (Å²) >= 11 is 3.42. The number of methoxy groups -OCH3 is 1. The van der Waals surface area contributed by atoms with Crippen LogP contribution in [-0.2, 0) is 6.54 Å². The normalized spacial score (nSPS) is 12.3. The lowest BCUT2D eigenvalue weighted by Crippen LogP contribution is -2.00. The molecule has 0 unspecified atom stereocenters. The first-order valence-electron chi connectivity index (χ1n) is 6.22.